The Balaban J connectivity index is 1.95. The van der Waals surface area contributed by atoms with E-state index in [1.54, 1.807) is 0 Å². The number of hydrogen-bond donors (Lipinski definition) is 0. The average Bonchev–Trinajstić information content (AvgIpc) is 2.38. The van der Waals surface area contributed by atoms with Crippen molar-refractivity contribution in [2.45, 2.75) is 27.2 Å². The Kier molecular flexibility index (Phi) is 4.92. The predicted molar refractivity (Wildman–Crippen MR) is 84.4 cm³/mol. The number of carbonyl (C=O) groups is 1. The van der Waals surface area contributed by atoms with Gasteiger partial charge in [0.1, 0.15) is 0 Å². The third kappa shape index (κ3) is 3.66. The first-order chi connectivity index (χ1) is 9.47. The van der Waals surface area contributed by atoms with Gasteiger partial charge in [-0.1, -0.05) is 25.4 Å². The van der Waals surface area contributed by atoms with Crippen LogP contribution in [0.25, 0.3) is 0 Å². The van der Waals surface area contributed by atoms with Crippen molar-refractivity contribution in [3.05, 3.63) is 28.8 Å². The molecule has 0 radical (unpaired) electrons. The smallest absolute Gasteiger partial charge is 0.222 e. The number of benzene rings is 1. The largest absolute Gasteiger partial charge is 0.368 e. The van der Waals surface area contributed by atoms with Crippen LogP contribution in [0.2, 0.25) is 5.02 Å². The molecule has 1 fully saturated rings. The van der Waals surface area contributed by atoms with Crippen molar-refractivity contribution in [1.29, 1.82) is 0 Å². The molecule has 1 heterocycles. The van der Waals surface area contributed by atoms with Gasteiger partial charge in [-0.25, -0.2) is 0 Å². The second-order valence-corrected chi connectivity index (χ2v) is 6.33. The monoisotopic (exact) mass is 294 g/mol. The number of rotatable bonds is 3. The highest BCUT2D eigenvalue weighted by Crippen LogP contribution is 2.24. The van der Waals surface area contributed by atoms with Crippen LogP contribution in [0.3, 0.4) is 0 Å². The summed E-state index contributed by atoms with van der Waals surface area (Å²) in [6, 6.07) is 6.00. The molecular weight excluding hydrogens is 272 g/mol. The Morgan fingerprint density at radius 1 is 1.25 bits per heavy atom. The molecule has 1 aromatic carbocycles. The molecule has 0 atom stereocenters. The minimum atomic E-state index is 0.285. The minimum Gasteiger partial charge on any atom is -0.368 e. The molecule has 4 heteroatoms. The number of amides is 1. The summed E-state index contributed by atoms with van der Waals surface area (Å²) >= 11 is 6.00. The van der Waals surface area contributed by atoms with Gasteiger partial charge in [0.05, 0.1) is 0 Å². The Labute approximate surface area is 126 Å². The first-order valence-corrected chi connectivity index (χ1v) is 7.64. The van der Waals surface area contributed by atoms with Crippen LogP contribution in [0.5, 0.6) is 0 Å². The third-order valence-electron chi connectivity index (χ3n) is 3.71. The van der Waals surface area contributed by atoms with Crippen LogP contribution in [0.4, 0.5) is 5.69 Å². The molecule has 0 spiro atoms. The van der Waals surface area contributed by atoms with Crippen molar-refractivity contribution < 1.29 is 4.79 Å². The van der Waals surface area contributed by atoms with Crippen LogP contribution < -0.4 is 4.90 Å². The van der Waals surface area contributed by atoms with Gasteiger partial charge < -0.3 is 9.80 Å². The van der Waals surface area contributed by atoms with Crippen molar-refractivity contribution in [2.75, 3.05) is 31.1 Å². The number of halogens is 1. The molecule has 0 aromatic heterocycles. The summed E-state index contributed by atoms with van der Waals surface area (Å²) < 4.78 is 0. The van der Waals surface area contributed by atoms with E-state index in [-0.39, 0.29) is 5.91 Å². The second-order valence-electron chi connectivity index (χ2n) is 5.90. The second kappa shape index (κ2) is 6.49. The van der Waals surface area contributed by atoms with Crippen molar-refractivity contribution in [1.82, 2.24) is 4.90 Å². The van der Waals surface area contributed by atoms with E-state index in [0.717, 1.165) is 31.2 Å². The molecule has 0 bridgehead atoms. The highest BCUT2D eigenvalue weighted by Gasteiger charge is 2.22. The maximum Gasteiger partial charge on any atom is 0.222 e. The van der Waals surface area contributed by atoms with E-state index in [2.05, 4.69) is 31.7 Å². The zero-order valence-electron chi connectivity index (χ0n) is 12.5. The Hall–Kier alpha value is -1.22. The summed E-state index contributed by atoms with van der Waals surface area (Å²) in [7, 11) is 0. The fourth-order valence-corrected chi connectivity index (χ4v) is 2.88. The molecular formula is C16H23ClN2O. The van der Waals surface area contributed by atoms with Crippen LogP contribution in [0.1, 0.15) is 25.8 Å². The Morgan fingerprint density at radius 2 is 1.90 bits per heavy atom. The van der Waals surface area contributed by atoms with Crippen LogP contribution >= 0.6 is 11.6 Å². The van der Waals surface area contributed by atoms with E-state index < -0.39 is 0 Å². The van der Waals surface area contributed by atoms with E-state index in [1.165, 1.54) is 11.3 Å². The molecule has 1 aromatic rings. The first-order valence-electron chi connectivity index (χ1n) is 7.26. The SMILES string of the molecule is Cc1cc(Cl)ccc1N1CCN(C(=O)CC(C)C)CC1. The van der Waals surface area contributed by atoms with Crippen molar-refractivity contribution in [3.8, 4) is 0 Å². The van der Waals surface area contributed by atoms with Crippen molar-refractivity contribution >= 4 is 23.2 Å². The lowest BCUT2D eigenvalue weighted by molar-refractivity contribution is -0.132. The number of hydrogen-bond acceptors (Lipinski definition) is 2. The number of nitrogens with zero attached hydrogens (tertiary/aromatic N) is 2. The maximum atomic E-state index is 12.1. The van der Waals surface area contributed by atoms with E-state index in [9.17, 15) is 4.79 Å². The van der Waals surface area contributed by atoms with Gasteiger partial charge in [-0.15, -0.1) is 0 Å². The zero-order valence-corrected chi connectivity index (χ0v) is 13.3. The molecule has 1 aliphatic rings. The molecule has 0 aliphatic carbocycles. The quantitative estimate of drug-likeness (QED) is 0.853. The molecule has 2 rings (SSSR count). The zero-order chi connectivity index (χ0) is 14.7. The molecule has 20 heavy (non-hydrogen) atoms. The van der Waals surface area contributed by atoms with Gasteiger partial charge in [-0.2, -0.15) is 0 Å². The molecule has 3 nitrogen and oxygen atoms in total. The average molecular weight is 295 g/mol. The van der Waals surface area contributed by atoms with Gasteiger partial charge in [0.25, 0.3) is 0 Å². The van der Waals surface area contributed by atoms with Gasteiger partial charge in [-0.3, -0.25) is 4.79 Å². The minimum absolute atomic E-state index is 0.285. The van der Waals surface area contributed by atoms with E-state index >= 15 is 0 Å². The Morgan fingerprint density at radius 3 is 2.45 bits per heavy atom. The fraction of sp³-hybridized carbons (Fsp3) is 0.562. The number of carbonyl (C=O) groups excluding carboxylic acids is 1. The summed E-state index contributed by atoms with van der Waals surface area (Å²) in [5.74, 6) is 0.714. The van der Waals surface area contributed by atoms with E-state index in [4.69, 9.17) is 11.6 Å². The highest BCUT2D eigenvalue weighted by molar-refractivity contribution is 6.30. The molecule has 110 valence electrons. The fourth-order valence-electron chi connectivity index (χ4n) is 2.65. The molecule has 0 saturated carbocycles. The van der Waals surface area contributed by atoms with Gasteiger partial charge in [-0.05, 0) is 36.6 Å². The molecule has 1 aliphatic heterocycles. The van der Waals surface area contributed by atoms with Crippen LogP contribution in [-0.2, 0) is 4.79 Å². The summed E-state index contributed by atoms with van der Waals surface area (Å²) in [6.45, 7) is 9.67. The topological polar surface area (TPSA) is 23.6 Å². The van der Waals surface area contributed by atoms with Gasteiger partial charge in [0.15, 0.2) is 0 Å². The van der Waals surface area contributed by atoms with Crippen LogP contribution in [-0.4, -0.2) is 37.0 Å². The van der Waals surface area contributed by atoms with Crippen molar-refractivity contribution in [3.63, 3.8) is 0 Å². The van der Waals surface area contributed by atoms with Gasteiger partial charge >= 0.3 is 0 Å². The van der Waals surface area contributed by atoms with Crippen LogP contribution in [0, 0.1) is 12.8 Å². The normalized spacial score (nSPS) is 15.8. The molecule has 1 amide bonds. The van der Waals surface area contributed by atoms with Crippen molar-refractivity contribution in [2.24, 2.45) is 5.92 Å². The summed E-state index contributed by atoms with van der Waals surface area (Å²) in [5.41, 5.74) is 2.42. The van der Waals surface area contributed by atoms with Crippen LogP contribution in [0.15, 0.2) is 18.2 Å². The molecule has 0 N–H and O–H groups in total. The van der Waals surface area contributed by atoms with Gasteiger partial charge in [0.2, 0.25) is 5.91 Å². The predicted octanol–water partition coefficient (Wildman–Crippen LogP) is 3.34. The Bertz CT molecular complexity index is 479. The molecule has 1 saturated heterocycles. The highest BCUT2D eigenvalue weighted by atomic mass is 35.5. The number of piperazine rings is 1. The van der Waals surface area contributed by atoms with Gasteiger partial charge in [0, 0.05) is 43.3 Å². The van der Waals surface area contributed by atoms with E-state index in [1.807, 2.05) is 17.0 Å². The maximum absolute atomic E-state index is 12.1. The summed E-state index contributed by atoms with van der Waals surface area (Å²) in [4.78, 5) is 16.4. The first kappa shape index (κ1) is 15.2. The van der Waals surface area contributed by atoms with E-state index in [0.29, 0.717) is 12.3 Å². The number of anilines is 1. The standard InChI is InChI=1S/C16H23ClN2O/c1-12(2)10-16(20)19-8-6-18(7-9-19)15-5-4-14(17)11-13(15)3/h4-5,11-12H,6-10H2,1-3H3. The number of aryl methyl sites for hydroxylation is 1. The summed E-state index contributed by atoms with van der Waals surface area (Å²) in [6.07, 6.45) is 0.653. The summed E-state index contributed by atoms with van der Waals surface area (Å²) in [5, 5.41) is 0.775. The third-order valence-corrected chi connectivity index (χ3v) is 3.95. The molecule has 0 unspecified atom stereocenters. The lowest BCUT2D eigenvalue weighted by atomic mass is 10.1. The lowest BCUT2D eigenvalue weighted by Gasteiger charge is -2.37. The lowest BCUT2D eigenvalue weighted by Crippen LogP contribution is -2.49.